The Labute approximate surface area is 613 Å². The molecule has 0 saturated heterocycles. The maximum absolute atomic E-state index is 10.3. The van der Waals surface area contributed by atoms with Crippen molar-refractivity contribution >= 4 is 73.7 Å². The van der Waals surface area contributed by atoms with Crippen LogP contribution in [0.25, 0.3) is 128 Å². The van der Waals surface area contributed by atoms with Crippen LogP contribution in [0.1, 0.15) is 62.3 Å². The number of aromatic nitrogens is 1. The van der Waals surface area contributed by atoms with Crippen molar-refractivity contribution in [1.82, 2.24) is 4.57 Å². The zero-order valence-corrected chi connectivity index (χ0v) is 58.6. The Bertz CT molecular complexity index is 6160. The van der Waals surface area contributed by atoms with Crippen LogP contribution in [-0.2, 0) is 10.8 Å². The summed E-state index contributed by atoms with van der Waals surface area (Å²) < 4.78 is 70.7. The molecule has 18 rings (SSSR count). The van der Waals surface area contributed by atoms with Gasteiger partial charge in [0.05, 0.1) is 26.3 Å². The number of para-hydroxylation sites is 1. The molecule has 2 aliphatic rings. The number of hydrogen-bond donors (Lipinski definition) is 0. The minimum absolute atomic E-state index is 0.0935. The largest absolute Gasteiger partial charge is 0.310 e. The minimum atomic E-state index is -0.449. The molecule has 15 aromatic carbocycles. The van der Waals surface area contributed by atoms with Gasteiger partial charge in [-0.05, 0) is 219 Å². The molecular formula is C98H75BN2S. The molecule has 486 valence electrons. The first-order valence-corrected chi connectivity index (χ1v) is 36.0. The fraction of sp³-hybridized carbons (Fsp3) is 0.0816. The summed E-state index contributed by atoms with van der Waals surface area (Å²) >= 11 is 1.84. The highest BCUT2D eigenvalue weighted by atomic mass is 32.2. The van der Waals surface area contributed by atoms with Crippen molar-refractivity contribution in [3.63, 3.8) is 0 Å². The predicted octanol–water partition coefficient (Wildman–Crippen LogP) is 25.1. The lowest BCUT2D eigenvalue weighted by Crippen LogP contribution is -2.60. The normalized spacial score (nSPS) is 13.5. The third-order valence-corrected chi connectivity index (χ3v) is 21.7. The first kappa shape index (κ1) is 55.1. The van der Waals surface area contributed by atoms with Crippen molar-refractivity contribution in [2.45, 2.75) is 62.2 Å². The molecule has 0 aliphatic carbocycles. The van der Waals surface area contributed by atoms with Gasteiger partial charge >= 0.3 is 0 Å². The van der Waals surface area contributed by atoms with Crippen LogP contribution in [0.5, 0.6) is 0 Å². The van der Waals surface area contributed by atoms with Crippen molar-refractivity contribution in [1.29, 1.82) is 0 Å². The average molecular weight is 1330 g/mol. The molecule has 0 N–H and O–H groups in total. The van der Waals surface area contributed by atoms with Gasteiger partial charge in [0.2, 0.25) is 6.71 Å². The van der Waals surface area contributed by atoms with Crippen LogP contribution in [0.3, 0.4) is 0 Å². The lowest BCUT2D eigenvalue weighted by molar-refractivity contribution is 0.589. The molecule has 3 heterocycles. The Balaban J connectivity index is 1.01. The maximum Gasteiger partial charge on any atom is 0.249 e. The quantitative estimate of drug-likeness (QED) is 0.119. The summed E-state index contributed by atoms with van der Waals surface area (Å²) in [4.78, 5) is 4.74. The van der Waals surface area contributed by atoms with E-state index in [-0.39, 0.29) is 68.4 Å². The van der Waals surface area contributed by atoms with E-state index in [4.69, 9.17) is 0 Å². The van der Waals surface area contributed by atoms with Crippen LogP contribution in [0.15, 0.2) is 355 Å². The molecule has 0 amide bonds. The fourth-order valence-electron chi connectivity index (χ4n) is 15.3. The number of rotatable bonds is 11. The second-order valence-electron chi connectivity index (χ2n) is 29.1. The lowest BCUT2D eigenvalue weighted by Gasteiger charge is -2.43. The van der Waals surface area contributed by atoms with Crippen molar-refractivity contribution in [3.05, 3.63) is 357 Å². The second-order valence-corrected chi connectivity index (χ2v) is 30.1. The molecule has 16 aromatic rings. The average Bonchev–Trinajstić information content (AvgIpc) is 1.67. The Morgan fingerprint density at radius 1 is 0.324 bits per heavy atom. The molecule has 0 unspecified atom stereocenters. The van der Waals surface area contributed by atoms with Gasteiger partial charge in [-0.3, -0.25) is 0 Å². The zero-order valence-electron chi connectivity index (χ0n) is 64.7. The van der Waals surface area contributed by atoms with Crippen LogP contribution >= 0.6 is 11.8 Å². The van der Waals surface area contributed by atoms with Crippen LogP contribution in [0.2, 0.25) is 0 Å². The molecule has 0 bridgehead atoms. The number of anilines is 3. The Morgan fingerprint density at radius 2 is 0.745 bits per heavy atom. The summed E-state index contributed by atoms with van der Waals surface area (Å²) in [6.07, 6.45) is 0. The van der Waals surface area contributed by atoms with Crippen molar-refractivity contribution < 1.29 is 9.60 Å². The Morgan fingerprint density at radius 3 is 1.24 bits per heavy atom. The van der Waals surface area contributed by atoms with Gasteiger partial charge in [0.15, 0.2) is 0 Å². The van der Waals surface area contributed by atoms with Crippen molar-refractivity contribution in [2.75, 3.05) is 4.90 Å². The molecule has 4 heteroatoms. The van der Waals surface area contributed by atoms with Crippen LogP contribution in [0, 0.1) is 0 Å². The van der Waals surface area contributed by atoms with Gasteiger partial charge in [-0.15, -0.1) is 0 Å². The van der Waals surface area contributed by atoms with Gasteiger partial charge in [-0.2, -0.15) is 0 Å². The molecule has 2 nitrogen and oxygen atoms in total. The van der Waals surface area contributed by atoms with E-state index in [9.17, 15) is 9.60 Å². The monoisotopic (exact) mass is 1330 g/mol. The molecular weight excluding hydrogens is 1250 g/mol. The van der Waals surface area contributed by atoms with Gasteiger partial charge in [0.25, 0.3) is 0 Å². The van der Waals surface area contributed by atoms with E-state index in [0.717, 1.165) is 143 Å². The summed E-state index contributed by atoms with van der Waals surface area (Å²) in [6.45, 7) is 13.2. The highest BCUT2D eigenvalue weighted by Crippen LogP contribution is 2.54. The second kappa shape index (κ2) is 25.2. The van der Waals surface area contributed by atoms with E-state index in [1.807, 2.05) is 48.2 Å². The molecule has 0 fully saturated rings. The summed E-state index contributed by atoms with van der Waals surface area (Å²) in [7, 11) is 0. The van der Waals surface area contributed by atoms with Crippen LogP contribution in [-0.4, -0.2) is 11.3 Å². The molecule has 2 aliphatic heterocycles. The summed E-state index contributed by atoms with van der Waals surface area (Å²) in [5, 5.41) is 0.289. The van der Waals surface area contributed by atoms with Crippen molar-refractivity contribution in [2.24, 2.45) is 0 Å². The fourth-order valence-corrected chi connectivity index (χ4v) is 16.6. The van der Waals surface area contributed by atoms with E-state index in [2.05, 4.69) is 313 Å². The van der Waals surface area contributed by atoms with E-state index in [0.29, 0.717) is 11.3 Å². The highest BCUT2D eigenvalue weighted by molar-refractivity contribution is 8.00. The van der Waals surface area contributed by atoms with E-state index >= 15 is 0 Å². The maximum atomic E-state index is 10.3. The Hall–Kier alpha value is -11.7. The third-order valence-electron chi connectivity index (χ3n) is 20.5. The van der Waals surface area contributed by atoms with E-state index < -0.39 is 18.8 Å². The first-order chi connectivity index (χ1) is 52.7. The summed E-state index contributed by atoms with van der Waals surface area (Å²) in [6, 6.07) is 106. The van der Waals surface area contributed by atoms with Gasteiger partial charge in [0, 0.05) is 48.8 Å². The topological polar surface area (TPSA) is 8.17 Å². The number of hydrogen-bond acceptors (Lipinski definition) is 2. The summed E-state index contributed by atoms with van der Waals surface area (Å²) in [5.74, 6) is 0. The zero-order chi connectivity index (χ0) is 74.9. The number of benzene rings is 15. The smallest absolute Gasteiger partial charge is 0.249 e. The molecule has 0 saturated carbocycles. The molecule has 0 radical (unpaired) electrons. The van der Waals surface area contributed by atoms with Gasteiger partial charge in [-0.25, -0.2) is 0 Å². The predicted molar refractivity (Wildman–Crippen MR) is 437 cm³/mol. The lowest BCUT2D eigenvalue weighted by atomic mass is 9.34. The molecule has 102 heavy (non-hydrogen) atoms. The minimum Gasteiger partial charge on any atom is -0.310 e. The molecule has 1 aromatic heterocycles. The standard InChI is InChI=1S/C98H75BN2S/c1-97(2,3)79-59-83(69-40-24-12-25-41-69)95(84(60-79)70-42-26-13-27-43-70)101-91-63-81(100-89-45-29-28-44-82(89)86-56-71(46-49-90(86)100)64-30-14-7-15-31-64)47-48-87(91)99-88-58-77(76-52-72(65-32-16-8-17-33-65)50-73(53-76)66-34-18-9-19-35-66)57-85(96(88)102-93-62-80(98(4,5)6)61-92(101)94(93)99)78-54-74(67-36-20-10-21-37-67)51-75(55-78)68-38-22-11-23-39-68/h7-63H,1-6H3/i28D,29D,44D,45D,46D,49D,56D. The van der Waals surface area contributed by atoms with Crippen molar-refractivity contribution in [3.8, 4) is 106 Å². The van der Waals surface area contributed by atoms with E-state index in [1.54, 1.807) is 4.57 Å². The van der Waals surface area contributed by atoms with E-state index in [1.165, 1.54) is 0 Å². The molecule has 0 spiro atoms. The third kappa shape index (κ3) is 11.2. The summed E-state index contributed by atoms with van der Waals surface area (Å²) in [5.41, 5.74) is 26.2. The SMILES string of the molecule is [2H]c1c([2H])c([2H])c2c(c1[2H])c1c([2H])c(-c3ccccc3)c([2H])c([2H])c1n2-c1ccc2c(c1)N(c1c(-c3ccccc3)cc(C(C)(C)C)cc1-c1ccccc1)c1cc(C(C)(C)C)cc3c1B2c1cc(-c2cc(-c4ccccc4)cc(-c4ccccc4)c2)cc(-c2cc(-c4ccccc4)cc(-c4ccccc4)c2)c1S3. The molecule has 0 atom stereocenters. The van der Waals surface area contributed by atoms with Crippen LogP contribution in [0.4, 0.5) is 17.1 Å². The van der Waals surface area contributed by atoms with Gasteiger partial charge < -0.3 is 9.47 Å². The Kier molecular flexibility index (Phi) is 13.6. The number of fused-ring (bicyclic) bond motifs is 7. The van der Waals surface area contributed by atoms with Crippen LogP contribution < -0.4 is 21.3 Å². The number of nitrogens with zero attached hydrogens (tertiary/aromatic N) is 2. The van der Waals surface area contributed by atoms with Gasteiger partial charge in [-0.1, -0.05) is 307 Å². The highest BCUT2D eigenvalue weighted by Gasteiger charge is 2.44. The first-order valence-electron chi connectivity index (χ1n) is 38.7. The van der Waals surface area contributed by atoms with Gasteiger partial charge in [0.1, 0.15) is 0 Å².